The third kappa shape index (κ3) is 37.0. The van der Waals surface area contributed by atoms with Crippen LogP contribution in [0.5, 0.6) is 0 Å². The Bertz CT molecular complexity index is 502. The van der Waals surface area contributed by atoms with Gasteiger partial charge in [0.15, 0.2) is 0 Å². The zero-order chi connectivity index (χ0) is 29.0. The van der Waals surface area contributed by atoms with Gasteiger partial charge in [0.2, 0.25) is 0 Å². The van der Waals surface area contributed by atoms with Crippen molar-refractivity contribution in [1.29, 1.82) is 0 Å². The van der Waals surface area contributed by atoms with Gasteiger partial charge in [0, 0.05) is 0 Å². The molecule has 40 heavy (non-hydrogen) atoms. The second-order valence-electron chi connectivity index (χ2n) is 12.4. The van der Waals surface area contributed by atoms with Gasteiger partial charge in [-0.2, -0.15) is 0 Å². The fourth-order valence-corrected chi connectivity index (χ4v) is 5.69. The number of unbranched alkanes of at least 4 members (excludes halogenated alkanes) is 30. The predicted molar refractivity (Wildman–Crippen MR) is 177 cm³/mol. The number of ether oxygens (including phenoxy) is 1. The molecule has 0 spiro atoms. The molecule has 0 fully saturated rings. The average Bonchev–Trinajstić information content (AvgIpc) is 2.95. The third-order valence-corrected chi connectivity index (χ3v) is 8.38. The highest BCUT2D eigenvalue weighted by Gasteiger charge is 1.98. The molecule has 3 heteroatoms. The van der Waals surface area contributed by atoms with Crippen molar-refractivity contribution < 1.29 is 14.6 Å². The molecule has 0 aliphatic rings. The van der Waals surface area contributed by atoms with Crippen LogP contribution in [0.15, 0.2) is 12.2 Å². The lowest BCUT2D eigenvalue weighted by molar-refractivity contribution is 0.0899. The molecule has 0 radical (unpaired) electrons. The van der Waals surface area contributed by atoms with Gasteiger partial charge in [-0.25, -0.2) is 4.79 Å². The van der Waals surface area contributed by atoms with Gasteiger partial charge in [0.05, 0.1) is 6.61 Å². The third-order valence-electron chi connectivity index (χ3n) is 8.38. The molecule has 0 aromatic carbocycles. The van der Waals surface area contributed by atoms with E-state index in [0.717, 1.165) is 12.8 Å². The highest BCUT2D eigenvalue weighted by atomic mass is 16.7. The molecule has 0 amide bonds. The Morgan fingerprint density at radius 3 is 0.950 bits per heavy atom. The van der Waals surface area contributed by atoms with Gasteiger partial charge in [-0.1, -0.05) is 192 Å². The molecular formula is C37H72O3. The molecule has 0 aliphatic heterocycles. The van der Waals surface area contributed by atoms with E-state index >= 15 is 0 Å². The fraction of sp³-hybridized carbons (Fsp3) is 0.919. The van der Waals surface area contributed by atoms with E-state index in [1.54, 1.807) is 0 Å². The van der Waals surface area contributed by atoms with E-state index in [9.17, 15) is 4.79 Å². The number of carbonyl (C=O) groups is 1. The lowest BCUT2D eigenvalue weighted by Crippen LogP contribution is -2.01. The molecule has 0 saturated heterocycles. The first-order chi connectivity index (χ1) is 19.8. The quantitative estimate of drug-likeness (QED) is 0.0480. The van der Waals surface area contributed by atoms with Crippen molar-refractivity contribution in [3.05, 3.63) is 12.2 Å². The highest BCUT2D eigenvalue weighted by molar-refractivity contribution is 5.56. The molecular weight excluding hydrogens is 492 g/mol. The zero-order valence-corrected chi connectivity index (χ0v) is 27.3. The number of allylic oxidation sites excluding steroid dienone is 2. The van der Waals surface area contributed by atoms with Crippen LogP contribution in [0.25, 0.3) is 0 Å². The summed E-state index contributed by atoms with van der Waals surface area (Å²) in [7, 11) is 0. The Labute approximate surface area is 251 Å². The van der Waals surface area contributed by atoms with Crippen molar-refractivity contribution >= 4 is 6.16 Å². The second kappa shape index (κ2) is 36.0. The first-order valence-corrected chi connectivity index (χ1v) is 18.3. The Balaban J connectivity index is 3.06. The summed E-state index contributed by atoms with van der Waals surface area (Å²) in [5.41, 5.74) is 0. The average molecular weight is 565 g/mol. The topological polar surface area (TPSA) is 46.5 Å². The van der Waals surface area contributed by atoms with Crippen LogP contribution >= 0.6 is 0 Å². The molecule has 0 aromatic rings. The van der Waals surface area contributed by atoms with Crippen LogP contribution < -0.4 is 0 Å². The smallest absolute Gasteiger partial charge is 0.450 e. The van der Waals surface area contributed by atoms with Crippen molar-refractivity contribution in [2.24, 2.45) is 0 Å². The molecule has 0 heterocycles. The molecule has 238 valence electrons. The number of rotatable bonds is 34. The number of hydrogen-bond acceptors (Lipinski definition) is 2. The molecule has 0 unspecified atom stereocenters. The van der Waals surface area contributed by atoms with Gasteiger partial charge in [-0.15, -0.1) is 0 Å². The summed E-state index contributed by atoms with van der Waals surface area (Å²) in [6.07, 6.45) is 47.8. The van der Waals surface area contributed by atoms with Gasteiger partial charge in [-0.05, 0) is 32.1 Å². The summed E-state index contributed by atoms with van der Waals surface area (Å²) in [5, 5.41) is 8.41. The lowest BCUT2D eigenvalue weighted by atomic mass is 10.0. The maximum Gasteiger partial charge on any atom is 0.505 e. The van der Waals surface area contributed by atoms with E-state index in [-0.39, 0.29) is 0 Å². The van der Waals surface area contributed by atoms with E-state index < -0.39 is 6.16 Å². The predicted octanol–water partition coefficient (Wildman–Crippen LogP) is 13.7. The second-order valence-corrected chi connectivity index (χ2v) is 12.4. The van der Waals surface area contributed by atoms with Crippen molar-refractivity contribution in [3.63, 3.8) is 0 Å². The maximum atomic E-state index is 10.3. The van der Waals surface area contributed by atoms with Crippen LogP contribution in [0.2, 0.25) is 0 Å². The summed E-state index contributed by atoms with van der Waals surface area (Å²) < 4.78 is 4.53. The molecule has 0 atom stereocenters. The summed E-state index contributed by atoms with van der Waals surface area (Å²) in [6.45, 7) is 2.65. The Kier molecular flexibility index (Phi) is 35.1. The highest BCUT2D eigenvalue weighted by Crippen LogP contribution is 2.16. The number of hydrogen-bond donors (Lipinski definition) is 1. The molecule has 1 N–H and O–H groups in total. The monoisotopic (exact) mass is 565 g/mol. The minimum atomic E-state index is -1.15. The largest absolute Gasteiger partial charge is 0.505 e. The fourth-order valence-electron chi connectivity index (χ4n) is 5.69. The molecule has 3 nitrogen and oxygen atoms in total. The Morgan fingerprint density at radius 2 is 0.675 bits per heavy atom. The SMILES string of the molecule is CCCCCCCC/C=C\CCCCCCCCCCCCCCCCCCCCCCCCCCOC(=O)O. The summed E-state index contributed by atoms with van der Waals surface area (Å²) in [5.74, 6) is 0. The van der Waals surface area contributed by atoms with Crippen LogP contribution in [0.4, 0.5) is 4.79 Å². The van der Waals surface area contributed by atoms with Crippen molar-refractivity contribution in [3.8, 4) is 0 Å². The minimum Gasteiger partial charge on any atom is -0.450 e. The van der Waals surface area contributed by atoms with E-state index in [1.807, 2.05) is 0 Å². The molecule has 0 aliphatic carbocycles. The Morgan fingerprint density at radius 1 is 0.425 bits per heavy atom. The van der Waals surface area contributed by atoms with Crippen molar-refractivity contribution in [2.45, 2.75) is 212 Å². The van der Waals surface area contributed by atoms with E-state index in [4.69, 9.17) is 5.11 Å². The molecule has 0 rings (SSSR count). The first kappa shape index (κ1) is 39.0. The summed E-state index contributed by atoms with van der Waals surface area (Å²) in [4.78, 5) is 10.3. The van der Waals surface area contributed by atoms with Crippen molar-refractivity contribution in [1.82, 2.24) is 0 Å². The van der Waals surface area contributed by atoms with E-state index in [1.165, 1.54) is 193 Å². The maximum absolute atomic E-state index is 10.3. The molecule has 0 aromatic heterocycles. The number of carboxylic acid groups (broad SMARTS) is 1. The van der Waals surface area contributed by atoms with Crippen LogP contribution in [-0.4, -0.2) is 17.9 Å². The van der Waals surface area contributed by atoms with Crippen LogP contribution in [-0.2, 0) is 4.74 Å². The molecule has 0 bridgehead atoms. The van der Waals surface area contributed by atoms with Crippen LogP contribution in [0, 0.1) is 0 Å². The van der Waals surface area contributed by atoms with Gasteiger partial charge >= 0.3 is 6.16 Å². The summed E-state index contributed by atoms with van der Waals surface area (Å²) >= 11 is 0. The van der Waals surface area contributed by atoms with E-state index in [2.05, 4.69) is 23.8 Å². The normalized spacial score (nSPS) is 11.5. The first-order valence-electron chi connectivity index (χ1n) is 18.3. The molecule has 0 saturated carbocycles. The minimum absolute atomic E-state index is 0.355. The lowest BCUT2D eigenvalue weighted by Gasteiger charge is -2.04. The van der Waals surface area contributed by atoms with Crippen LogP contribution in [0.3, 0.4) is 0 Å². The van der Waals surface area contributed by atoms with Gasteiger partial charge < -0.3 is 9.84 Å². The van der Waals surface area contributed by atoms with E-state index in [0.29, 0.717) is 6.61 Å². The van der Waals surface area contributed by atoms with Gasteiger partial charge in [0.25, 0.3) is 0 Å². The standard InChI is InChI=1S/C37H72O3/c1-2-3-4-5-6-7-8-9-10-11-12-13-14-15-16-17-18-19-20-21-22-23-24-25-26-27-28-29-30-31-32-33-34-35-36-40-37(38)39/h9-10H,2-8,11-36H2,1H3,(H,38,39)/b10-9-. The summed E-state index contributed by atoms with van der Waals surface area (Å²) in [6, 6.07) is 0. The van der Waals surface area contributed by atoms with Gasteiger partial charge in [-0.3, -0.25) is 0 Å². The van der Waals surface area contributed by atoms with Crippen LogP contribution in [0.1, 0.15) is 212 Å². The Hall–Kier alpha value is -0.990. The van der Waals surface area contributed by atoms with Gasteiger partial charge in [0.1, 0.15) is 0 Å². The zero-order valence-electron chi connectivity index (χ0n) is 27.3. The van der Waals surface area contributed by atoms with Crippen molar-refractivity contribution in [2.75, 3.05) is 6.61 Å².